The molecule has 0 spiro atoms. The summed E-state index contributed by atoms with van der Waals surface area (Å²) in [6.45, 7) is 1.07. The van der Waals surface area contributed by atoms with Crippen molar-refractivity contribution in [2.24, 2.45) is 0 Å². The largest absolute Gasteiger partial charge is 0.478 e. The van der Waals surface area contributed by atoms with Crippen molar-refractivity contribution < 1.29 is 19.5 Å². The minimum Gasteiger partial charge on any atom is -0.478 e. The molecule has 1 aliphatic rings. The number of hydrogen-bond donors (Lipinski definition) is 2. The Morgan fingerprint density at radius 2 is 1.80 bits per heavy atom. The molecular weight excluding hydrogens is 320 g/mol. The number of nitrogens with zero attached hydrogens (tertiary/aromatic N) is 1. The summed E-state index contributed by atoms with van der Waals surface area (Å²) >= 11 is 0. The maximum absolute atomic E-state index is 12.2. The van der Waals surface area contributed by atoms with Crippen LogP contribution in [0.5, 0.6) is 0 Å². The summed E-state index contributed by atoms with van der Waals surface area (Å²) in [6, 6.07) is 13.4. The van der Waals surface area contributed by atoms with Crippen LogP contribution in [0.15, 0.2) is 48.5 Å². The topological polar surface area (TPSA) is 86.7 Å². The van der Waals surface area contributed by atoms with Crippen LogP contribution >= 0.6 is 0 Å². The molecule has 1 heterocycles. The van der Waals surface area contributed by atoms with E-state index in [9.17, 15) is 14.4 Å². The van der Waals surface area contributed by atoms with Gasteiger partial charge in [0.1, 0.15) is 0 Å². The Morgan fingerprint density at radius 1 is 1.08 bits per heavy atom. The summed E-state index contributed by atoms with van der Waals surface area (Å²) < 4.78 is 0. The molecule has 0 radical (unpaired) electrons. The summed E-state index contributed by atoms with van der Waals surface area (Å²) in [7, 11) is 0. The zero-order valence-corrected chi connectivity index (χ0v) is 13.6. The molecule has 2 N–H and O–H groups in total. The van der Waals surface area contributed by atoms with Gasteiger partial charge in [0.2, 0.25) is 5.91 Å². The first-order valence-corrected chi connectivity index (χ1v) is 8.05. The third kappa shape index (κ3) is 3.85. The first-order valence-electron chi connectivity index (χ1n) is 8.05. The lowest BCUT2D eigenvalue weighted by molar-refractivity contribution is -0.117. The Bertz CT molecular complexity index is 814. The number of amides is 2. The zero-order chi connectivity index (χ0) is 17.8. The number of nitrogens with one attached hydrogen (secondary N) is 1. The molecule has 1 saturated heterocycles. The smallest absolute Gasteiger partial charge is 0.335 e. The average Bonchev–Trinajstić information content (AvgIpc) is 3.06. The number of benzene rings is 2. The summed E-state index contributed by atoms with van der Waals surface area (Å²) in [4.78, 5) is 36.6. The van der Waals surface area contributed by atoms with Gasteiger partial charge in [0.05, 0.1) is 5.56 Å². The van der Waals surface area contributed by atoms with E-state index >= 15 is 0 Å². The Kier molecular flexibility index (Phi) is 4.79. The first-order chi connectivity index (χ1) is 12.0. The van der Waals surface area contributed by atoms with E-state index in [1.807, 2.05) is 24.3 Å². The third-order valence-electron chi connectivity index (χ3n) is 4.15. The van der Waals surface area contributed by atoms with Gasteiger partial charge in [-0.3, -0.25) is 9.59 Å². The molecule has 0 bridgehead atoms. The van der Waals surface area contributed by atoms with Crippen molar-refractivity contribution in [2.45, 2.75) is 19.4 Å². The highest BCUT2D eigenvalue weighted by Crippen LogP contribution is 2.21. The van der Waals surface area contributed by atoms with E-state index in [1.54, 1.807) is 17.0 Å². The second kappa shape index (κ2) is 7.17. The van der Waals surface area contributed by atoms with Crippen molar-refractivity contribution in [3.05, 3.63) is 65.2 Å². The molecule has 2 aromatic carbocycles. The molecule has 1 fully saturated rings. The Morgan fingerprint density at radius 3 is 2.44 bits per heavy atom. The van der Waals surface area contributed by atoms with Crippen LogP contribution in [0.4, 0.5) is 5.69 Å². The van der Waals surface area contributed by atoms with Gasteiger partial charge in [-0.05, 0) is 42.3 Å². The molecule has 1 aliphatic heterocycles. The summed E-state index contributed by atoms with van der Waals surface area (Å²) in [6.07, 6.45) is 1.47. The molecule has 6 nitrogen and oxygen atoms in total. The van der Waals surface area contributed by atoms with Crippen LogP contribution in [-0.2, 0) is 11.3 Å². The van der Waals surface area contributed by atoms with Gasteiger partial charge >= 0.3 is 5.97 Å². The molecule has 0 aliphatic carbocycles. The summed E-state index contributed by atoms with van der Waals surface area (Å²) in [5, 5.41) is 11.7. The molecule has 2 aromatic rings. The zero-order valence-electron chi connectivity index (χ0n) is 13.6. The van der Waals surface area contributed by atoms with Crippen LogP contribution in [0.2, 0.25) is 0 Å². The fourth-order valence-corrected chi connectivity index (χ4v) is 2.79. The van der Waals surface area contributed by atoms with E-state index in [-0.39, 0.29) is 17.4 Å². The van der Waals surface area contributed by atoms with Gasteiger partial charge in [0.25, 0.3) is 5.91 Å². The van der Waals surface area contributed by atoms with E-state index < -0.39 is 5.97 Å². The van der Waals surface area contributed by atoms with Gasteiger partial charge in [-0.15, -0.1) is 0 Å². The van der Waals surface area contributed by atoms with E-state index in [2.05, 4.69) is 5.32 Å². The van der Waals surface area contributed by atoms with Gasteiger partial charge in [-0.1, -0.05) is 18.2 Å². The van der Waals surface area contributed by atoms with Gasteiger partial charge in [0, 0.05) is 30.8 Å². The highest BCUT2D eigenvalue weighted by atomic mass is 16.4. The van der Waals surface area contributed by atoms with Crippen molar-refractivity contribution >= 4 is 23.5 Å². The van der Waals surface area contributed by atoms with E-state index in [1.165, 1.54) is 12.1 Å². The van der Waals surface area contributed by atoms with E-state index in [0.717, 1.165) is 24.2 Å². The second-order valence-corrected chi connectivity index (χ2v) is 5.88. The number of carboxylic acid groups (broad SMARTS) is 1. The number of carbonyl (C=O) groups is 3. The van der Waals surface area contributed by atoms with Crippen LogP contribution in [0.1, 0.15) is 39.1 Å². The molecule has 25 heavy (non-hydrogen) atoms. The Hall–Kier alpha value is -3.15. The molecule has 3 rings (SSSR count). The van der Waals surface area contributed by atoms with Crippen molar-refractivity contribution in [3.63, 3.8) is 0 Å². The number of carboxylic acids is 1. The van der Waals surface area contributed by atoms with Crippen molar-refractivity contribution in [3.8, 4) is 0 Å². The lowest BCUT2D eigenvalue weighted by atomic mass is 10.1. The Balaban J connectivity index is 1.61. The molecule has 6 heteroatoms. The predicted molar refractivity (Wildman–Crippen MR) is 92.6 cm³/mol. The van der Waals surface area contributed by atoms with Gasteiger partial charge < -0.3 is 15.3 Å². The normalized spacial score (nSPS) is 13.8. The number of anilines is 1. The molecular formula is C19H18N2O4. The van der Waals surface area contributed by atoms with Crippen molar-refractivity contribution in [1.82, 2.24) is 5.32 Å². The molecule has 0 aromatic heterocycles. The molecule has 128 valence electrons. The number of aromatic carboxylic acids is 1. The van der Waals surface area contributed by atoms with Crippen LogP contribution in [0, 0.1) is 0 Å². The first kappa shape index (κ1) is 16.7. The molecule has 0 unspecified atom stereocenters. The minimum atomic E-state index is -1.07. The SMILES string of the molecule is O=C(O)c1cccc(C(=O)NCc2ccc(N3CCCC3=O)cc2)c1. The van der Waals surface area contributed by atoms with Crippen LogP contribution in [0.25, 0.3) is 0 Å². The van der Waals surface area contributed by atoms with Crippen LogP contribution < -0.4 is 10.2 Å². The fourth-order valence-electron chi connectivity index (χ4n) is 2.79. The van der Waals surface area contributed by atoms with Crippen LogP contribution in [0.3, 0.4) is 0 Å². The van der Waals surface area contributed by atoms with Crippen LogP contribution in [-0.4, -0.2) is 29.4 Å². The van der Waals surface area contributed by atoms with E-state index in [0.29, 0.717) is 18.5 Å². The highest BCUT2D eigenvalue weighted by Gasteiger charge is 2.21. The highest BCUT2D eigenvalue weighted by molar-refractivity contribution is 5.97. The number of hydrogen-bond acceptors (Lipinski definition) is 3. The van der Waals surface area contributed by atoms with Gasteiger partial charge in [-0.25, -0.2) is 4.79 Å². The van der Waals surface area contributed by atoms with Gasteiger partial charge in [0.15, 0.2) is 0 Å². The maximum atomic E-state index is 12.2. The quantitative estimate of drug-likeness (QED) is 0.877. The second-order valence-electron chi connectivity index (χ2n) is 5.88. The molecule has 0 saturated carbocycles. The minimum absolute atomic E-state index is 0.0762. The predicted octanol–water partition coefficient (Wildman–Crippen LogP) is 2.44. The average molecular weight is 338 g/mol. The third-order valence-corrected chi connectivity index (χ3v) is 4.15. The lowest BCUT2D eigenvalue weighted by Crippen LogP contribution is -2.24. The van der Waals surface area contributed by atoms with Gasteiger partial charge in [-0.2, -0.15) is 0 Å². The van der Waals surface area contributed by atoms with Crippen molar-refractivity contribution in [2.75, 3.05) is 11.4 Å². The van der Waals surface area contributed by atoms with E-state index in [4.69, 9.17) is 5.11 Å². The summed E-state index contributed by atoms with van der Waals surface area (Å²) in [5.74, 6) is -1.26. The molecule has 2 amide bonds. The summed E-state index contributed by atoms with van der Waals surface area (Å²) in [5.41, 5.74) is 2.15. The molecule has 0 atom stereocenters. The number of rotatable bonds is 5. The van der Waals surface area contributed by atoms with Crippen molar-refractivity contribution in [1.29, 1.82) is 0 Å². The Labute approximate surface area is 145 Å². The fraction of sp³-hybridized carbons (Fsp3) is 0.211. The lowest BCUT2D eigenvalue weighted by Gasteiger charge is -2.16. The monoisotopic (exact) mass is 338 g/mol. The standard InChI is InChI=1S/C19H18N2O4/c22-17-5-2-10-21(17)16-8-6-13(7-9-16)12-20-18(23)14-3-1-4-15(11-14)19(24)25/h1,3-4,6-9,11H,2,5,10,12H2,(H,20,23)(H,24,25). The maximum Gasteiger partial charge on any atom is 0.335 e. The number of carbonyl (C=O) groups excluding carboxylic acids is 2.